The third-order valence-electron chi connectivity index (χ3n) is 10.9. The fourth-order valence-electron chi connectivity index (χ4n) is 7.74. The number of carbonyl (C=O) groups is 5. The van der Waals surface area contributed by atoms with Gasteiger partial charge in [0.15, 0.2) is 11.6 Å². The number of nitrogen functional groups attached to an aromatic ring is 1. The third-order valence-corrected chi connectivity index (χ3v) is 11.6. The van der Waals surface area contributed by atoms with Gasteiger partial charge in [0.05, 0.1) is 54.6 Å². The van der Waals surface area contributed by atoms with E-state index in [0.717, 1.165) is 28.9 Å². The molecule has 60 heavy (non-hydrogen) atoms. The van der Waals surface area contributed by atoms with Gasteiger partial charge in [-0.2, -0.15) is 5.10 Å². The molecule has 4 aromatic rings. The van der Waals surface area contributed by atoms with Crippen molar-refractivity contribution in [1.82, 2.24) is 29.9 Å². The lowest BCUT2D eigenvalue weighted by Gasteiger charge is -2.32. The Morgan fingerprint density at radius 3 is 2.52 bits per heavy atom. The highest BCUT2D eigenvalue weighted by Gasteiger charge is 2.45. The number of fused-ring (bicyclic) bond motifs is 1. The molecule has 3 N–H and O–H groups in total. The van der Waals surface area contributed by atoms with Gasteiger partial charge in [-0.15, -0.1) is 0 Å². The Balaban J connectivity index is 0.793. The van der Waals surface area contributed by atoms with Crippen molar-refractivity contribution in [3.05, 3.63) is 93.1 Å². The van der Waals surface area contributed by atoms with E-state index in [1.807, 2.05) is 15.8 Å². The topological polar surface area (TPSA) is 188 Å². The number of ether oxygens (including phenoxy) is 3. The predicted octanol–water partition coefficient (Wildman–Crippen LogP) is 5.73. The van der Waals surface area contributed by atoms with E-state index in [2.05, 4.69) is 15.4 Å². The van der Waals surface area contributed by atoms with Crippen LogP contribution in [0.4, 0.5) is 10.2 Å². The van der Waals surface area contributed by atoms with Crippen LogP contribution in [0.5, 0.6) is 5.75 Å². The smallest absolute Gasteiger partial charge is 0.262 e. The van der Waals surface area contributed by atoms with Gasteiger partial charge in [0, 0.05) is 60.2 Å². The number of nitrogens with one attached hydrogen (secondary N) is 1. The molecule has 0 aliphatic carbocycles. The van der Waals surface area contributed by atoms with Crippen LogP contribution in [0.25, 0.3) is 11.1 Å². The number of carbonyl (C=O) groups excluding carboxylic acids is 5. The first-order valence-corrected chi connectivity index (χ1v) is 20.5. The highest BCUT2D eigenvalue weighted by molar-refractivity contribution is 6.36. The fraction of sp³-hybridized carbons (Fsp3) is 0.405. The number of nitrogens with zero attached hydrogens (tertiary/aromatic N) is 5. The molecule has 5 heterocycles. The first-order chi connectivity index (χ1) is 28.9. The van der Waals surface area contributed by atoms with Crippen LogP contribution in [0.3, 0.4) is 0 Å². The maximum absolute atomic E-state index is 14.1. The van der Waals surface area contributed by atoms with Crippen LogP contribution in [0.2, 0.25) is 10.0 Å². The normalized spacial score (nSPS) is 17.6. The van der Waals surface area contributed by atoms with Gasteiger partial charge in [-0.3, -0.25) is 38.9 Å². The Bertz CT molecular complexity index is 2300. The predicted molar refractivity (Wildman–Crippen MR) is 218 cm³/mol. The number of rotatable bonds is 16. The number of benzene rings is 2. The highest BCUT2D eigenvalue weighted by atomic mass is 35.5. The summed E-state index contributed by atoms with van der Waals surface area (Å²) in [5, 5.41) is 6.95. The summed E-state index contributed by atoms with van der Waals surface area (Å²) in [6.07, 6.45) is 7.53. The number of likely N-dealkylation sites (tertiary alicyclic amines) is 1. The largest absolute Gasteiger partial charge is 0.482 e. The number of amides is 5. The molecule has 2 aromatic heterocycles. The number of hydrogen-bond donors (Lipinski definition) is 2. The average molecular weight is 865 g/mol. The van der Waals surface area contributed by atoms with Crippen molar-refractivity contribution in [2.24, 2.45) is 0 Å². The number of imide groups is 2. The molecule has 2 saturated heterocycles. The second-order valence-corrected chi connectivity index (χ2v) is 15.6. The number of piperidine rings is 2. The van der Waals surface area contributed by atoms with Gasteiger partial charge < -0.3 is 24.8 Å². The van der Waals surface area contributed by atoms with Gasteiger partial charge in [0.2, 0.25) is 17.7 Å². The SMILES string of the molecule is C[C@@H](Oc1cc(-c2cnn(C3CCN(C(=O)CCOCCOCCCc4cccc5c4C(=O)N(C4CCC(=O)NC4=O)C5=O)CC3)c2)cnc1N)c1c(Cl)ccc(F)c1Cl. The lowest BCUT2D eigenvalue weighted by Crippen LogP contribution is -2.54. The summed E-state index contributed by atoms with van der Waals surface area (Å²) >= 11 is 12.5. The number of aryl methyl sites for hydroxylation is 1. The molecule has 0 saturated carbocycles. The van der Waals surface area contributed by atoms with Crippen LogP contribution >= 0.6 is 23.2 Å². The first kappa shape index (κ1) is 42.7. The second-order valence-electron chi connectivity index (χ2n) is 14.8. The number of anilines is 1. The minimum absolute atomic E-state index is 0.0191. The Labute approximate surface area is 355 Å². The zero-order valence-corrected chi connectivity index (χ0v) is 34.3. The van der Waals surface area contributed by atoms with E-state index in [4.69, 9.17) is 43.1 Å². The molecule has 15 nitrogen and oxygen atoms in total. The molecule has 3 aliphatic heterocycles. The minimum Gasteiger partial charge on any atom is -0.482 e. The van der Waals surface area contributed by atoms with Gasteiger partial charge in [-0.1, -0.05) is 35.3 Å². The van der Waals surface area contributed by atoms with E-state index in [1.165, 1.54) is 12.1 Å². The van der Waals surface area contributed by atoms with E-state index >= 15 is 0 Å². The minimum atomic E-state index is -1.01. The molecule has 3 aliphatic rings. The van der Waals surface area contributed by atoms with Gasteiger partial charge in [0.1, 0.15) is 18.0 Å². The van der Waals surface area contributed by atoms with Gasteiger partial charge in [-0.05, 0) is 68.9 Å². The first-order valence-electron chi connectivity index (χ1n) is 19.8. The maximum atomic E-state index is 14.1. The van der Waals surface area contributed by atoms with Crippen LogP contribution < -0.4 is 15.8 Å². The number of nitrogens with two attached hydrogens (primary N) is 1. The van der Waals surface area contributed by atoms with Crippen molar-refractivity contribution < 1.29 is 42.6 Å². The van der Waals surface area contributed by atoms with Gasteiger partial charge >= 0.3 is 0 Å². The third kappa shape index (κ3) is 9.31. The Hall–Kier alpha value is -5.42. The Kier molecular flexibility index (Phi) is 13.4. The molecule has 18 heteroatoms. The van der Waals surface area contributed by atoms with Gasteiger partial charge in [-0.25, -0.2) is 9.37 Å². The summed E-state index contributed by atoms with van der Waals surface area (Å²) in [4.78, 5) is 70.3. The second kappa shape index (κ2) is 18.9. The lowest BCUT2D eigenvalue weighted by atomic mass is 9.99. The molecule has 2 fully saturated rings. The zero-order valence-electron chi connectivity index (χ0n) is 32.8. The van der Waals surface area contributed by atoms with Crippen LogP contribution in [0.1, 0.15) is 89.4 Å². The van der Waals surface area contributed by atoms with Crippen molar-refractivity contribution >= 4 is 58.6 Å². The molecular weight excluding hydrogens is 820 g/mol. The maximum Gasteiger partial charge on any atom is 0.262 e. The molecule has 316 valence electrons. The summed E-state index contributed by atoms with van der Waals surface area (Å²) in [7, 11) is 0. The summed E-state index contributed by atoms with van der Waals surface area (Å²) in [5.41, 5.74) is 9.19. The van der Waals surface area contributed by atoms with E-state index in [1.54, 1.807) is 43.6 Å². The fourth-order valence-corrected chi connectivity index (χ4v) is 8.41. The summed E-state index contributed by atoms with van der Waals surface area (Å²) in [6.45, 7) is 4.18. The number of aromatic nitrogens is 3. The van der Waals surface area contributed by atoms with Crippen LogP contribution in [-0.4, -0.2) is 99.7 Å². The van der Waals surface area contributed by atoms with Crippen molar-refractivity contribution in [1.29, 1.82) is 0 Å². The quantitative estimate of drug-likeness (QED) is 0.0795. The Morgan fingerprint density at radius 2 is 1.75 bits per heavy atom. The van der Waals surface area contributed by atoms with Crippen LogP contribution in [0, 0.1) is 5.82 Å². The lowest BCUT2D eigenvalue weighted by molar-refractivity contribution is -0.136. The van der Waals surface area contributed by atoms with Crippen LogP contribution in [-0.2, 0) is 30.3 Å². The standard InChI is InChI=1S/C42H44Cl2FN7O8/c1-24(36-30(43)7-8-31(45)38(36)44)60-33-20-26(21-47-39(33)46)27-22-48-51(23-27)28-11-14-50(15-12-28)35(54)13-17-59-19-18-58-16-3-5-25-4-2-6-29-37(25)42(57)52(41(29)56)32-9-10-34(53)49-40(32)55/h2,4,6-8,20-24,28,32H,3,5,9-19H2,1H3,(H2,46,47)(H,49,53,55)/t24-,32?/m1/s1. The highest BCUT2D eigenvalue weighted by Crippen LogP contribution is 2.37. The van der Waals surface area contributed by atoms with Crippen molar-refractivity contribution in [2.75, 3.05) is 45.3 Å². The summed E-state index contributed by atoms with van der Waals surface area (Å²) in [6, 6.07) is 8.52. The van der Waals surface area contributed by atoms with Gasteiger partial charge in [0.25, 0.3) is 11.8 Å². The molecule has 1 unspecified atom stereocenters. The summed E-state index contributed by atoms with van der Waals surface area (Å²) < 4.78 is 33.5. The van der Waals surface area contributed by atoms with E-state index in [9.17, 15) is 28.4 Å². The van der Waals surface area contributed by atoms with E-state index in [-0.39, 0.29) is 65.0 Å². The van der Waals surface area contributed by atoms with Crippen molar-refractivity contribution in [3.8, 4) is 16.9 Å². The molecule has 2 aromatic carbocycles. The van der Waals surface area contributed by atoms with Crippen LogP contribution in [0.15, 0.2) is 55.0 Å². The monoisotopic (exact) mass is 863 g/mol. The number of halogens is 3. The molecule has 0 bridgehead atoms. The average Bonchev–Trinajstić information content (AvgIpc) is 3.83. The van der Waals surface area contributed by atoms with E-state index < -0.39 is 41.6 Å². The van der Waals surface area contributed by atoms with Crippen molar-refractivity contribution in [3.63, 3.8) is 0 Å². The molecule has 7 rings (SSSR count). The molecule has 0 spiro atoms. The number of pyridine rings is 1. The molecular formula is C42H44Cl2FN7O8. The van der Waals surface area contributed by atoms with E-state index in [0.29, 0.717) is 62.4 Å². The molecule has 2 atom stereocenters. The zero-order chi connectivity index (χ0) is 42.5. The Morgan fingerprint density at radius 1 is 0.983 bits per heavy atom. The summed E-state index contributed by atoms with van der Waals surface area (Å²) in [5.74, 6) is -2.26. The number of hydrogen-bond acceptors (Lipinski definition) is 11. The molecule has 5 amide bonds. The molecule has 0 radical (unpaired) electrons. The van der Waals surface area contributed by atoms with Crippen molar-refractivity contribution in [2.45, 2.75) is 70.1 Å².